The van der Waals surface area contributed by atoms with Crippen molar-refractivity contribution in [1.82, 2.24) is 0 Å². The van der Waals surface area contributed by atoms with Gasteiger partial charge in [0, 0.05) is 22.3 Å². The number of alkyl halides is 12. The van der Waals surface area contributed by atoms with E-state index >= 15 is 0 Å². The first kappa shape index (κ1) is 71.1. The van der Waals surface area contributed by atoms with Crippen LogP contribution in [-0.4, -0.2) is 137 Å². The predicted molar refractivity (Wildman–Crippen MR) is 273 cm³/mol. The maximum absolute atomic E-state index is 13.8. The normalized spacial score (nSPS) is 14.1. The standard InChI is InChI=1S/C46H42F12N4O20S4/c1-68-80-82-84-77-60-40(44(50,51)52)28-7-15-32(16-8-28)71-23-35(25-72-33-17-9-29(10-18-33)41(45(53,54)55)61-78-85(3)65)74-37(63)21-22-38(64)75-36(24-70-31-13-5-27(6-14-31)39(43(47,48)49)59-76-83-81-69-2)26-73-34-19-11-30(12-20-34)42(46(56,57)58)62-79-86(4,66)67/h5-20,35-36H,21-26H2,1-4H3/b59-39-,60-40?,61-41-,62-42-. The average Bonchev–Trinajstić information content (AvgIpc) is 2.26. The monoisotopic (exact) mass is 1330 g/mol. The van der Waals surface area contributed by atoms with Crippen LogP contribution in [0.2, 0.25) is 0 Å². The van der Waals surface area contributed by atoms with Crippen molar-refractivity contribution in [3.63, 3.8) is 0 Å². The second-order valence-electron chi connectivity index (χ2n) is 15.9. The molecule has 0 saturated heterocycles. The first-order valence-electron chi connectivity index (χ1n) is 22.9. The van der Waals surface area contributed by atoms with Gasteiger partial charge in [-0.2, -0.15) is 61.1 Å². The molecule has 4 rings (SSSR count). The summed E-state index contributed by atoms with van der Waals surface area (Å²) >= 11 is -2.39. The van der Waals surface area contributed by atoms with Gasteiger partial charge in [-0.3, -0.25) is 26.7 Å². The maximum Gasteiger partial charge on any atom is 0.437 e. The van der Waals surface area contributed by atoms with Crippen molar-refractivity contribution < 1.29 is 144 Å². The summed E-state index contributed by atoms with van der Waals surface area (Å²) in [5.41, 5.74) is -8.68. The molecule has 4 aromatic carbocycles. The molecule has 0 spiro atoms. The predicted octanol–water partition coefficient (Wildman–Crippen LogP) is 9.51. The minimum atomic E-state index is -5.21. The number of ether oxygens (including phenoxy) is 6. The summed E-state index contributed by atoms with van der Waals surface area (Å²) in [6.07, 6.45) is -23.6. The van der Waals surface area contributed by atoms with Gasteiger partial charge in [-0.05, 0) is 97.1 Å². The Bertz CT molecular complexity index is 3070. The molecule has 4 aromatic rings. The first-order chi connectivity index (χ1) is 40.4. The lowest BCUT2D eigenvalue weighted by Gasteiger charge is -2.21. The number of carbonyl (C=O) groups excluding carboxylic acids is 2. The molecule has 0 radical (unpaired) electrons. The molecule has 0 aliphatic carbocycles. The van der Waals surface area contributed by atoms with Crippen molar-refractivity contribution in [2.24, 2.45) is 20.6 Å². The molecule has 0 aromatic heterocycles. The zero-order valence-corrected chi connectivity index (χ0v) is 47.0. The topological polar surface area (TPSA) is 273 Å². The summed E-state index contributed by atoms with van der Waals surface area (Å²) in [4.78, 5) is 34.9. The number of rotatable bonds is 34. The fourth-order valence-electron chi connectivity index (χ4n) is 5.98. The van der Waals surface area contributed by atoms with Gasteiger partial charge in [-0.1, -0.05) is 30.0 Å². The van der Waals surface area contributed by atoms with Gasteiger partial charge in [0.2, 0.25) is 11.1 Å². The summed E-state index contributed by atoms with van der Waals surface area (Å²) in [6.45, 7) is -2.60. The van der Waals surface area contributed by atoms with E-state index in [1.54, 1.807) is 0 Å². The lowest BCUT2D eigenvalue weighted by atomic mass is 10.1. The highest BCUT2D eigenvalue weighted by molar-refractivity contribution is 7.89. The van der Waals surface area contributed by atoms with E-state index < -0.39 is 154 Å². The molecule has 474 valence electrons. The third-order valence-corrected chi connectivity index (χ3v) is 10.7. The molecule has 86 heavy (non-hydrogen) atoms. The van der Waals surface area contributed by atoms with Gasteiger partial charge in [-0.15, -0.1) is 4.33 Å². The summed E-state index contributed by atoms with van der Waals surface area (Å²) in [7, 11) is -2.40. The van der Waals surface area contributed by atoms with Gasteiger partial charge in [0.15, 0.2) is 35.1 Å². The van der Waals surface area contributed by atoms with Crippen LogP contribution in [0.3, 0.4) is 0 Å². The van der Waals surface area contributed by atoms with Crippen molar-refractivity contribution in [3.8, 4) is 23.0 Å². The van der Waals surface area contributed by atoms with Gasteiger partial charge in [0.25, 0.3) is 24.6 Å². The van der Waals surface area contributed by atoms with Crippen LogP contribution in [-0.2, 0) is 80.9 Å². The second kappa shape index (κ2) is 33.5. The van der Waals surface area contributed by atoms with Crippen LogP contribution in [0.1, 0.15) is 35.1 Å². The van der Waals surface area contributed by atoms with E-state index in [4.69, 9.17) is 28.4 Å². The minimum Gasteiger partial charge on any atom is -0.490 e. The SMILES string of the molecule is COOOSON=C(c1ccc(OCC(COc2ccc(/C(=N/OS(C)=O)C(F)(F)F)cc2)OC(=O)CCC(=O)OC(COc2ccc(/C(=N/OSOOC)C(F)(F)F)cc2)COc2ccc(/C(=N/OS(C)(=O)=O)C(F)(F)F)cc2)cc1)C(F)(F)F. The molecular formula is C46H42F12N4O20S4. The van der Waals surface area contributed by atoms with Crippen LogP contribution < -0.4 is 18.9 Å². The molecule has 0 N–H and O–H groups in total. The number of hydrogen-bond donors (Lipinski definition) is 0. The van der Waals surface area contributed by atoms with E-state index in [9.17, 15) is 74.9 Å². The second-order valence-corrected chi connectivity index (χ2v) is 19.2. The molecule has 0 saturated carbocycles. The largest absolute Gasteiger partial charge is 0.490 e. The van der Waals surface area contributed by atoms with Crippen LogP contribution in [0.4, 0.5) is 52.7 Å². The fourth-order valence-corrected chi connectivity index (χ4v) is 6.77. The minimum absolute atomic E-state index is 0.0361. The Morgan fingerprint density at radius 3 is 1.07 bits per heavy atom. The maximum atomic E-state index is 13.8. The molecular weight excluding hydrogens is 1280 g/mol. The highest BCUT2D eigenvalue weighted by Gasteiger charge is 2.41. The van der Waals surface area contributed by atoms with Gasteiger partial charge in [-0.25, -0.2) is 14.0 Å². The molecule has 0 aliphatic heterocycles. The van der Waals surface area contributed by atoms with Crippen molar-refractivity contribution >= 4 is 80.6 Å². The third kappa shape index (κ3) is 26.1. The molecule has 24 nitrogen and oxygen atoms in total. The van der Waals surface area contributed by atoms with Crippen molar-refractivity contribution in [3.05, 3.63) is 119 Å². The lowest BCUT2D eigenvalue weighted by Crippen LogP contribution is -2.32. The van der Waals surface area contributed by atoms with Crippen molar-refractivity contribution in [2.45, 2.75) is 49.8 Å². The van der Waals surface area contributed by atoms with Crippen molar-refractivity contribution in [2.75, 3.05) is 53.2 Å². The summed E-state index contributed by atoms with van der Waals surface area (Å²) in [5.74, 6) is -2.91. The Morgan fingerprint density at radius 1 is 0.488 bits per heavy atom. The Hall–Kier alpha value is -7.34. The van der Waals surface area contributed by atoms with E-state index in [0.717, 1.165) is 118 Å². The number of esters is 2. The molecule has 0 fully saturated rings. The van der Waals surface area contributed by atoms with Crippen LogP contribution in [0.15, 0.2) is 118 Å². The van der Waals surface area contributed by atoms with Crippen LogP contribution >= 0.6 is 24.6 Å². The van der Waals surface area contributed by atoms with E-state index in [0.29, 0.717) is 6.26 Å². The van der Waals surface area contributed by atoms with Gasteiger partial charge < -0.3 is 28.4 Å². The quantitative estimate of drug-likeness (QED) is 0.00800. The fraction of sp³-hybridized carbons (Fsp3) is 0.348. The number of oxime groups is 4. The molecule has 0 bridgehead atoms. The van der Waals surface area contributed by atoms with Gasteiger partial charge in [0.1, 0.15) is 49.4 Å². The number of benzene rings is 4. The average molecular weight is 1330 g/mol. The number of carbonyl (C=O) groups is 2. The Kier molecular flexibility index (Phi) is 27.7. The van der Waals surface area contributed by atoms with Crippen LogP contribution in [0.5, 0.6) is 23.0 Å². The van der Waals surface area contributed by atoms with Gasteiger partial charge in [0.05, 0.1) is 39.6 Å². The Morgan fingerprint density at radius 2 is 0.791 bits per heavy atom. The summed E-state index contributed by atoms with van der Waals surface area (Å²) < 4.78 is 258. The number of halogens is 12. The summed E-state index contributed by atoms with van der Waals surface area (Å²) in [6, 6.07) is 15.3. The number of nitrogens with zero attached hydrogens (tertiary/aromatic N) is 4. The summed E-state index contributed by atoms with van der Waals surface area (Å²) in [5, 5.41) is 15.5. The molecule has 0 amide bonds. The molecule has 3 unspecified atom stereocenters. The molecule has 0 aliphatic rings. The highest BCUT2D eigenvalue weighted by atomic mass is 32.2. The van der Waals surface area contributed by atoms with Crippen molar-refractivity contribution in [1.29, 1.82) is 0 Å². The number of hydrogen-bond acceptors (Lipinski definition) is 26. The smallest absolute Gasteiger partial charge is 0.437 e. The van der Waals surface area contributed by atoms with Crippen LogP contribution in [0, 0.1) is 0 Å². The van der Waals surface area contributed by atoms with E-state index in [-0.39, 0.29) is 47.6 Å². The van der Waals surface area contributed by atoms with Gasteiger partial charge >= 0.3 is 46.8 Å². The third-order valence-electron chi connectivity index (χ3n) is 9.49. The molecule has 40 heteroatoms. The van der Waals surface area contributed by atoms with E-state index in [2.05, 4.69) is 61.2 Å². The highest BCUT2D eigenvalue weighted by Crippen LogP contribution is 2.30. The zero-order valence-electron chi connectivity index (χ0n) is 43.8. The Balaban J connectivity index is 1.54. The lowest BCUT2D eigenvalue weighted by molar-refractivity contribution is -0.449. The van der Waals surface area contributed by atoms with E-state index in [1.165, 1.54) is 0 Å². The zero-order chi connectivity index (χ0) is 63.7. The molecule has 3 atom stereocenters. The first-order valence-corrected chi connectivity index (χ1v) is 27.5. The Labute approximate surface area is 488 Å². The van der Waals surface area contributed by atoms with E-state index in [1.807, 2.05) is 0 Å². The molecule has 0 heterocycles. The van der Waals surface area contributed by atoms with Crippen LogP contribution in [0.25, 0.3) is 0 Å².